The van der Waals surface area contributed by atoms with Gasteiger partial charge in [-0.15, -0.1) is 0 Å². The van der Waals surface area contributed by atoms with Gasteiger partial charge in [0, 0.05) is 37.0 Å². The molecule has 2 aromatic rings. The minimum atomic E-state index is -0.468. The summed E-state index contributed by atoms with van der Waals surface area (Å²) in [5, 5.41) is 18.3. The number of pyridine rings is 2. The Labute approximate surface area is 184 Å². The standard InChI is InChI=1S/C19H23Cl2N5O2S/c20-15-5-3-9-22-17(15)7-1-2-8-24-19(13-26(27)28)25-11-12-29-14-18-16(21)6-4-10-23-18/h3-6,9-10,13,24-25H,1-2,7-8,11-12,14H2. The lowest BCUT2D eigenvalue weighted by Crippen LogP contribution is -2.29. The van der Waals surface area contributed by atoms with E-state index in [4.69, 9.17) is 23.2 Å². The maximum Gasteiger partial charge on any atom is 0.274 e. The van der Waals surface area contributed by atoms with Crippen LogP contribution >= 0.6 is 35.0 Å². The molecule has 0 spiro atoms. The third kappa shape index (κ3) is 9.34. The second-order valence-electron chi connectivity index (χ2n) is 6.06. The van der Waals surface area contributed by atoms with Crippen molar-refractivity contribution in [3.8, 4) is 0 Å². The second-order valence-corrected chi connectivity index (χ2v) is 7.97. The Balaban J connectivity index is 1.65. The van der Waals surface area contributed by atoms with Crippen LogP contribution in [0.1, 0.15) is 24.2 Å². The molecule has 0 aliphatic carbocycles. The summed E-state index contributed by atoms with van der Waals surface area (Å²) in [7, 11) is 0. The van der Waals surface area contributed by atoms with Gasteiger partial charge in [-0.05, 0) is 43.5 Å². The summed E-state index contributed by atoms with van der Waals surface area (Å²) in [5.74, 6) is 1.86. The average molecular weight is 456 g/mol. The van der Waals surface area contributed by atoms with Crippen LogP contribution < -0.4 is 10.6 Å². The molecular formula is C19H23Cl2N5O2S. The number of aromatic nitrogens is 2. The van der Waals surface area contributed by atoms with Crippen LogP contribution in [0.15, 0.2) is 48.7 Å². The van der Waals surface area contributed by atoms with Gasteiger partial charge in [0.15, 0.2) is 5.82 Å². The van der Waals surface area contributed by atoms with Crippen molar-refractivity contribution in [2.45, 2.75) is 25.0 Å². The zero-order chi connectivity index (χ0) is 20.9. The van der Waals surface area contributed by atoms with Crippen molar-refractivity contribution in [1.29, 1.82) is 0 Å². The number of halogens is 2. The molecule has 2 heterocycles. The van der Waals surface area contributed by atoms with Crippen LogP contribution in [0, 0.1) is 10.1 Å². The number of nitrogens with one attached hydrogen (secondary N) is 2. The van der Waals surface area contributed by atoms with E-state index in [2.05, 4.69) is 20.6 Å². The number of hydrogen-bond donors (Lipinski definition) is 2. The number of nitro groups is 1. The highest BCUT2D eigenvalue weighted by Gasteiger charge is 2.05. The molecule has 0 saturated carbocycles. The van der Waals surface area contributed by atoms with Crippen LogP contribution in [0.2, 0.25) is 10.0 Å². The predicted molar refractivity (Wildman–Crippen MR) is 119 cm³/mol. The minimum absolute atomic E-state index is 0.405. The fourth-order valence-electron chi connectivity index (χ4n) is 2.45. The molecule has 2 N–H and O–H groups in total. The molecule has 0 atom stereocenters. The van der Waals surface area contributed by atoms with E-state index in [0.29, 0.717) is 34.7 Å². The largest absolute Gasteiger partial charge is 0.367 e. The van der Waals surface area contributed by atoms with E-state index in [1.54, 1.807) is 36.3 Å². The van der Waals surface area contributed by atoms with Gasteiger partial charge in [-0.25, -0.2) is 0 Å². The van der Waals surface area contributed by atoms with E-state index in [9.17, 15) is 10.1 Å². The number of hydrogen-bond acceptors (Lipinski definition) is 7. The number of unbranched alkanes of at least 4 members (excludes halogenated alkanes) is 1. The first kappa shape index (κ1) is 23.3. The minimum Gasteiger partial charge on any atom is -0.367 e. The summed E-state index contributed by atoms with van der Waals surface area (Å²) in [4.78, 5) is 18.9. The van der Waals surface area contributed by atoms with Gasteiger partial charge in [0.05, 0.1) is 26.4 Å². The Morgan fingerprint density at radius 1 is 1.07 bits per heavy atom. The highest BCUT2D eigenvalue weighted by Crippen LogP contribution is 2.18. The first-order valence-electron chi connectivity index (χ1n) is 9.16. The average Bonchev–Trinajstić information content (AvgIpc) is 2.69. The summed E-state index contributed by atoms with van der Waals surface area (Å²) in [5.41, 5.74) is 1.71. The van der Waals surface area contributed by atoms with Gasteiger partial charge in [0.25, 0.3) is 6.20 Å². The van der Waals surface area contributed by atoms with E-state index in [1.807, 2.05) is 12.1 Å². The van der Waals surface area contributed by atoms with E-state index in [0.717, 1.165) is 42.6 Å². The summed E-state index contributed by atoms with van der Waals surface area (Å²) in [6.07, 6.45) is 6.89. The summed E-state index contributed by atoms with van der Waals surface area (Å²) >= 11 is 13.8. The fraction of sp³-hybridized carbons (Fsp3) is 0.368. The lowest BCUT2D eigenvalue weighted by atomic mass is 10.2. The van der Waals surface area contributed by atoms with Crippen molar-refractivity contribution in [1.82, 2.24) is 20.6 Å². The van der Waals surface area contributed by atoms with Crippen molar-refractivity contribution in [3.63, 3.8) is 0 Å². The monoisotopic (exact) mass is 455 g/mol. The SMILES string of the molecule is O=[N+]([O-])C=C(NCCCCc1ncccc1Cl)NCCSCc1ncccc1Cl. The van der Waals surface area contributed by atoms with Crippen molar-refractivity contribution >= 4 is 35.0 Å². The van der Waals surface area contributed by atoms with Gasteiger partial charge in [-0.3, -0.25) is 20.1 Å². The van der Waals surface area contributed by atoms with E-state index in [1.165, 1.54) is 0 Å². The Morgan fingerprint density at radius 3 is 2.38 bits per heavy atom. The first-order chi connectivity index (χ1) is 14.1. The highest BCUT2D eigenvalue weighted by molar-refractivity contribution is 7.98. The molecule has 7 nitrogen and oxygen atoms in total. The fourth-order valence-corrected chi connectivity index (χ4v) is 3.75. The molecule has 0 aliphatic rings. The summed E-state index contributed by atoms with van der Waals surface area (Å²) < 4.78 is 0. The zero-order valence-corrected chi connectivity index (χ0v) is 18.1. The van der Waals surface area contributed by atoms with Crippen LogP contribution in [-0.4, -0.2) is 33.7 Å². The molecule has 0 aliphatic heterocycles. The Bertz CT molecular complexity index is 765. The van der Waals surface area contributed by atoms with Crippen LogP contribution in [0.4, 0.5) is 0 Å². The third-order valence-electron chi connectivity index (χ3n) is 3.86. The normalized spacial score (nSPS) is 11.3. The number of rotatable bonds is 13. The van der Waals surface area contributed by atoms with Gasteiger partial charge >= 0.3 is 0 Å². The molecular weight excluding hydrogens is 433 g/mol. The molecule has 0 fully saturated rings. The van der Waals surface area contributed by atoms with Crippen molar-refractivity contribution < 1.29 is 4.92 Å². The van der Waals surface area contributed by atoms with Gasteiger partial charge in [0.1, 0.15) is 0 Å². The van der Waals surface area contributed by atoms with Gasteiger partial charge in [-0.2, -0.15) is 11.8 Å². The van der Waals surface area contributed by atoms with E-state index in [-0.39, 0.29) is 0 Å². The van der Waals surface area contributed by atoms with Crippen LogP contribution in [0.3, 0.4) is 0 Å². The van der Waals surface area contributed by atoms with Crippen molar-refractivity contribution in [3.05, 3.63) is 80.2 Å². The summed E-state index contributed by atoms with van der Waals surface area (Å²) in [6.45, 7) is 1.21. The lowest BCUT2D eigenvalue weighted by Gasteiger charge is -2.11. The molecule has 29 heavy (non-hydrogen) atoms. The van der Waals surface area contributed by atoms with Crippen LogP contribution in [0.25, 0.3) is 0 Å². The van der Waals surface area contributed by atoms with E-state index >= 15 is 0 Å². The first-order valence-corrected chi connectivity index (χ1v) is 11.1. The molecule has 2 aromatic heterocycles. The Morgan fingerprint density at radius 2 is 1.72 bits per heavy atom. The van der Waals surface area contributed by atoms with Gasteiger partial charge in [-0.1, -0.05) is 23.2 Å². The van der Waals surface area contributed by atoms with Gasteiger partial charge in [0.2, 0.25) is 0 Å². The Kier molecular flexibility index (Phi) is 10.6. The maximum atomic E-state index is 10.8. The smallest absolute Gasteiger partial charge is 0.274 e. The van der Waals surface area contributed by atoms with Crippen LogP contribution in [-0.2, 0) is 12.2 Å². The highest BCUT2D eigenvalue weighted by atomic mass is 35.5. The lowest BCUT2D eigenvalue weighted by molar-refractivity contribution is -0.404. The third-order valence-corrected chi connectivity index (χ3v) is 5.52. The van der Waals surface area contributed by atoms with E-state index < -0.39 is 4.92 Å². The molecule has 0 unspecified atom stereocenters. The zero-order valence-electron chi connectivity index (χ0n) is 15.8. The molecule has 0 saturated heterocycles. The maximum absolute atomic E-state index is 10.8. The topological polar surface area (TPSA) is 93.0 Å². The van der Waals surface area contributed by atoms with Crippen molar-refractivity contribution in [2.24, 2.45) is 0 Å². The molecule has 0 bridgehead atoms. The molecule has 156 valence electrons. The molecule has 2 rings (SSSR count). The molecule has 0 amide bonds. The predicted octanol–water partition coefficient (Wildman–Crippen LogP) is 4.29. The number of thioether (sulfide) groups is 1. The number of aryl methyl sites for hydroxylation is 1. The Hall–Kier alpha value is -2.03. The number of nitrogens with zero attached hydrogens (tertiary/aromatic N) is 3. The summed E-state index contributed by atoms with van der Waals surface area (Å²) in [6, 6.07) is 7.23. The van der Waals surface area contributed by atoms with Crippen LogP contribution in [0.5, 0.6) is 0 Å². The van der Waals surface area contributed by atoms with Crippen molar-refractivity contribution in [2.75, 3.05) is 18.8 Å². The van der Waals surface area contributed by atoms with Gasteiger partial charge < -0.3 is 10.6 Å². The molecule has 0 radical (unpaired) electrons. The molecule has 0 aromatic carbocycles. The quantitative estimate of drug-likeness (QED) is 0.264. The molecule has 10 heteroatoms. The second kappa shape index (κ2) is 13.2.